The third-order valence-corrected chi connectivity index (χ3v) is 3.05. The molecule has 0 aromatic heterocycles. The summed E-state index contributed by atoms with van der Waals surface area (Å²) in [6, 6.07) is 7.52. The Morgan fingerprint density at radius 1 is 1.44 bits per heavy atom. The second-order valence-electron chi connectivity index (χ2n) is 4.16. The van der Waals surface area contributed by atoms with Crippen LogP contribution >= 0.6 is 0 Å². The van der Waals surface area contributed by atoms with E-state index in [4.69, 9.17) is 11.2 Å². The lowest BCUT2D eigenvalue weighted by Crippen LogP contribution is -2.47. The third kappa shape index (κ3) is 1.13. The van der Waals surface area contributed by atoms with Crippen LogP contribution < -0.4 is 9.64 Å². The van der Waals surface area contributed by atoms with E-state index in [1.807, 2.05) is 24.3 Å². The van der Waals surface area contributed by atoms with Gasteiger partial charge in [-0.1, -0.05) is 18.1 Å². The van der Waals surface area contributed by atoms with Crippen molar-refractivity contribution in [2.45, 2.75) is 18.4 Å². The summed E-state index contributed by atoms with van der Waals surface area (Å²) < 4.78 is 5.76. The van der Waals surface area contributed by atoms with Crippen molar-refractivity contribution < 1.29 is 9.53 Å². The fraction of sp³-hybridized carbons (Fsp3) is 0.308. The van der Waals surface area contributed by atoms with Gasteiger partial charge in [0, 0.05) is 12.8 Å². The van der Waals surface area contributed by atoms with Crippen molar-refractivity contribution in [2.75, 3.05) is 11.4 Å². The number of benzene rings is 1. The highest BCUT2D eigenvalue weighted by Crippen LogP contribution is 2.48. The average Bonchev–Trinajstić information content (AvgIpc) is 3.06. The summed E-state index contributed by atoms with van der Waals surface area (Å²) in [7, 11) is 0. The molecule has 0 bridgehead atoms. The maximum atomic E-state index is 12.2. The maximum Gasteiger partial charge on any atom is 0.272 e. The van der Waals surface area contributed by atoms with Crippen LogP contribution in [0.1, 0.15) is 12.8 Å². The third-order valence-electron chi connectivity index (χ3n) is 3.05. The van der Waals surface area contributed by atoms with Crippen molar-refractivity contribution in [1.29, 1.82) is 0 Å². The molecule has 1 spiro atoms. The Morgan fingerprint density at radius 3 is 2.88 bits per heavy atom. The number of rotatable bonds is 1. The van der Waals surface area contributed by atoms with Gasteiger partial charge in [-0.3, -0.25) is 9.69 Å². The number of carbonyl (C=O) groups excluding carboxylic acids is 1. The van der Waals surface area contributed by atoms with E-state index in [1.165, 1.54) is 0 Å². The Bertz CT molecular complexity index is 497. The van der Waals surface area contributed by atoms with Gasteiger partial charge in [0.25, 0.3) is 5.91 Å². The Balaban J connectivity index is 2.09. The summed E-state index contributed by atoms with van der Waals surface area (Å²) in [4.78, 5) is 13.8. The van der Waals surface area contributed by atoms with Gasteiger partial charge in [-0.2, -0.15) is 0 Å². The Kier molecular flexibility index (Phi) is 1.75. The van der Waals surface area contributed by atoms with Crippen molar-refractivity contribution in [3.8, 4) is 18.1 Å². The fourth-order valence-electron chi connectivity index (χ4n) is 2.05. The molecule has 1 amide bonds. The summed E-state index contributed by atoms with van der Waals surface area (Å²) in [5, 5.41) is 0. The number of anilines is 1. The second-order valence-corrected chi connectivity index (χ2v) is 4.16. The molecule has 16 heavy (non-hydrogen) atoms. The minimum absolute atomic E-state index is 0.00384. The van der Waals surface area contributed by atoms with Gasteiger partial charge in [-0.15, -0.1) is 6.42 Å². The van der Waals surface area contributed by atoms with E-state index in [-0.39, 0.29) is 5.91 Å². The van der Waals surface area contributed by atoms with E-state index < -0.39 is 5.60 Å². The zero-order valence-electron chi connectivity index (χ0n) is 8.77. The first kappa shape index (κ1) is 9.29. The zero-order chi connectivity index (χ0) is 11.2. The lowest BCUT2D eigenvalue weighted by molar-refractivity contribution is -0.128. The molecule has 0 N–H and O–H groups in total. The van der Waals surface area contributed by atoms with Gasteiger partial charge in [0.15, 0.2) is 5.60 Å². The topological polar surface area (TPSA) is 29.5 Å². The van der Waals surface area contributed by atoms with Gasteiger partial charge >= 0.3 is 0 Å². The van der Waals surface area contributed by atoms with Crippen LogP contribution in [0.25, 0.3) is 0 Å². The lowest BCUT2D eigenvalue weighted by Gasteiger charge is -2.33. The van der Waals surface area contributed by atoms with Crippen molar-refractivity contribution in [1.82, 2.24) is 0 Å². The number of carbonyl (C=O) groups is 1. The SMILES string of the molecule is C#CCN1C(=O)C2(CC2)Oc2ccccc21. The monoisotopic (exact) mass is 213 g/mol. The number of ether oxygens (including phenoxy) is 1. The van der Waals surface area contributed by atoms with Crippen LogP contribution in [-0.4, -0.2) is 18.1 Å². The maximum absolute atomic E-state index is 12.2. The first-order chi connectivity index (χ1) is 7.77. The summed E-state index contributed by atoms with van der Waals surface area (Å²) in [5.74, 6) is 3.29. The standard InChI is InChI=1S/C13H11NO2/c1-2-9-14-10-5-3-4-6-11(10)16-13(7-8-13)12(14)15/h1,3-6H,7-9H2. The van der Waals surface area contributed by atoms with Crippen LogP contribution in [-0.2, 0) is 4.79 Å². The van der Waals surface area contributed by atoms with Crippen LogP contribution in [0.15, 0.2) is 24.3 Å². The van der Waals surface area contributed by atoms with Gasteiger partial charge in [0.05, 0.1) is 12.2 Å². The van der Waals surface area contributed by atoms with E-state index in [1.54, 1.807) is 4.90 Å². The molecule has 0 atom stereocenters. The molecule has 0 unspecified atom stereocenters. The molecule has 0 radical (unpaired) electrons. The number of nitrogens with zero attached hydrogens (tertiary/aromatic N) is 1. The largest absolute Gasteiger partial charge is 0.475 e. The predicted octanol–water partition coefficient (Wildman–Crippen LogP) is 1.58. The Hall–Kier alpha value is -1.95. The number of hydrogen-bond acceptors (Lipinski definition) is 2. The average molecular weight is 213 g/mol. The molecule has 1 aromatic carbocycles. The molecule has 3 heteroatoms. The lowest BCUT2D eigenvalue weighted by atomic mass is 10.1. The normalized spacial score (nSPS) is 19.9. The van der Waals surface area contributed by atoms with Gasteiger partial charge in [0.2, 0.25) is 0 Å². The molecule has 2 aliphatic rings. The van der Waals surface area contributed by atoms with E-state index in [9.17, 15) is 4.79 Å². The number of para-hydroxylation sites is 2. The summed E-state index contributed by atoms with van der Waals surface area (Å²) >= 11 is 0. The van der Waals surface area contributed by atoms with Crippen LogP contribution in [0.4, 0.5) is 5.69 Å². The van der Waals surface area contributed by atoms with Crippen LogP contribution in [0.5, 0.6) is 5.75 Å². The van der Waals surface area contributed by atoms with E-state index >= 15 is 0 Å². The quantitative estimate of drug-likeness (QED) is 0.663. The summed E-state index contributed by atoms with van der Waals surface area (Å²) in [6.45, 7) is 0.307. The zero-order valence-corrected chi connectivity index (χ0v) is 8.77. The van der Waals surface area contributed by atoms with E-state index in [0.29, 0.717) is 6.54 Å². The minimum atomic E-state index is -0.606. The number of fused-ring (bicyclic) bond motifs is 1. The molecule has 1 heterocycles. The summed E-state index contributed by atoms with van der Waals surface area (Å²) in [6.07, 6.45) is 6.89. The van der Waals surface area contributed by atoms with Crippen LogP contribution in [0, 0.1) is 12.3 Å². The van der Waals surface area contributed by atoms with Gasteiger partial charge in [-0.25, -0.2) is 0 Å². The minimum Gasteiger partial charge on any atom is -0.475 e. The highest BCUT2D eigenvalue weighted by Gasteiger charge is 2.57. The molecule has 1 aliphatic heterocycles. The first-order valence-electron chi connectivity index (χ1n) is 5.30. The molecule has 1 fully saturated rings. The van der Waals surface area contributed by atoms with Crippen LogP contribution in [0.3, 0.4) is 0 Å². The molecule has 1 aromatic rings. The Morgan fingerprint density at radius 2 is 2.19 bits per heavy atom. The van der Waals surface area contributed by atoms with Gasteiger partial charge in [0.1, 0.15) is 5.75 Å². The molecule has 3 rings (SSSR count). The number of terminal acetylenes is 1. The number of amides is 1. The Labute approximate surface area is 94.0 Å². The molecule has 80 valence electrons. The molecule has 1 saturated carbocycles. The smallest absolute Gasteiger partial charge is 0.272 e. The van der Waals surface area contributed by atoms with Gasteiger partial charge in [-0.05, 0) is 12.1 Å². The molecule has 0 saturated heterocycles. The van der Waals surface area contributed by atoms with Gasteiger partial charge < -0.3 is 4.74 Å². The van der Waals surface area contributed by atoms with E-state index in [0.717, 1.165) is 24.3 Å². The van der Waals surface area contributed by atoms with Crippen molar-refractivity contribution in [2.24, 2.45) is 0 Å². The van der Waals surface area contributed by atoms with Crippen molar-refractivity contribution >= 4 is 11.6 Å². The first-order valence-corrected chi connectivity index (χ1v) is 5.30. The molecular weight excluding hydrogens is 202 g/mol. The predicted molar refractivity (Wildman–Crippen MR) is 60.2 cm³/mol. The molecular formula is C13H11NO2. The molecule has 3 nitrogen and oxygen atoms in total. The fourth-order valence-corrected chi connectivity index (χ4v) is 2.05. The molecule has 1 aliphatic carbocycles. The van der Waals surface area contributed by atoms with Crippen molar-refractivity contribution in [3.63, 3.8) is 0 Å². The number of hydrogen-bond donors (Lipinski definition) is 0. The van der Waals surface area contributed by atoms with Crippen LogP contribution in [0.2, 0.25) is 0 Å². The summed E-state index contributed by atoms with van der Waals surface area (Å²) in [5.41, 5.74) is 0.175. The second kappa shape index (κ2) is 3.02. The highest BCUT2D eigenvalue weighted by atomic mass is 16.5. The van der Waals surface area contributed by atoms with E-state index in [2.05, 4.69) is 5.92 Å². The highest BCUT2D eigenvalue weighted by molar-refractivity contribution is 6.04. The van der Waals surface area contributed by atoms with Crippen molar-refractivity contribution in [3.05, 3.63) is 24.3 Å².